The number of carbonyl (C=O) groups excluding carboxylic acids is 2. The first-order chi connectivity index (χ1) is 12.9. The van der Waals surface area contributed by atoms with E-state index in [1.54, 1.807) is 17.9 Å². The van der Waals surface area contributed by atoms with E-state index < -0.39 is 5.60 Å². The number of nitrogens with zero attached hydrogens (tertiary/aromatic N) is 3. The summed E-state index contributed by atoms with van der Waals surface area (Å²) in [6.07, 6.45) is 3.30. The van der Waals surface area contributed by atoms with Gasteiger partial charge in [-0.05, 0) is 31.4 Å². The van der Waals surface area contributed by atoms with E-state index in [0.717, 1.165) is 13.1 Å². The number of hydrogen-bond donors (Lipinski definition) is 2. The predicted octanol–water partition coefficient (Wildman–Crippen LogP) is -0.104. The summed E-state index contributed by atoms with van der Waals surface area (Å²) in [5.41, 5.74) is -1.09. The van der Waals surface area contributed by atoms with Crippen molar-refractivity contribution in [3.63, 3.8) is 0 Å². The first-order valence-corrected chi connectivity index (χ1v) is 9.55. The normalized spacial score (nSPS) is 24.5. The van der Waals surface area contributed by atoms with Crippen LogP contribution in [0.4, 0.5) is 0 Å². The molecule has 1 aromatic rings. The summed E-state index contributed by atoms with van der Waals surface area (Å²) in [5.74, 6) is -0.191. The molecule has 2 N–H and O–H groups in total. The second-order valence-corrected chi connectivity index (χ2v) is 7.57. The number of β-amino-alcohol motifs (C(OH)–C–C–N with tert-alkyl or cyclic N) is 1. The molecule has 1 atom stereocenters. The second kappa shape index (κ2) is 8.22. The Morgan fingerprint density at radius 1 is 1.11 bits per heavy atom. The van der Waals surface area contributed by atoms with Crippen molar-refractivity contribution >= 4 is 11.8 Å². The van der Waals surface area contributed by atoms with Gasteiger partial charge >= 0.3 is 0 Å². The molecule has 0 saturated carbocycles. The Hall–Kier alpha value is -2.19. The SMILES string of the molecule is CC(=O)N1CCN(C[C@@]2(O)CCCN(C(=O)c3ccc[nH]c3=O)CC2)CC1. The van der Waals surface area contributed by atoms with Gasteiger partial charge < -0.3 is 19.9 Å². The van der Waals surface area contributed by atoms with Crippen molar-refractivity contribution in [1.82, 2.24) is 19.7 Å². The third kappa shape index (κ3) is 4.75. The van der Waals surface area contributed by atoms with Crippen molar-refractivity contribution in [3.8, 4) is 0 Å². The van der Waals surface area contributed by atoms with E-state index in [1.807, 2.05) is 4.90 Å². The number of carbonyl (C=O) groups is 2. The number of aromatic amines is 1. The van der Waals surface area contributed by atoms with E-state index in [0.29, 0.717) is 52.0 Å². The van der Waals surface area contributed by atoms with Gasteiger partial charge in [-0.25, -0.2) is 0 Å². The van der Waals surface area contributed by atoms with Crippen LogP contribution in [-0.2, 0) is 4.79 Å². The average Bonchev–Trinajstić information content (AvgIpc) is 2.84. The fourth-order valence-electron chi connectivity index (χ4n) is 3.94. The van der Waals surface area contributed by atoms with Crippen LogP contribution in [0.3, 0.4) is 0 Å². The quantitative estimate of drug-likeness (QED) is 0.768. The molecular weight excluding hydrogens is 348 g/mol. The summed E-state index contributed by atoms with van der Waals surface area (Å²) in [4.78, 5) is 44.2. The molecule has 0 unspecified atom stereocenters. The molecule has 8 heteroatoms. The van der Waals surface area contributed by atoms with Gasteiger partial charge in [0, 0.05) is 58.9 Å². The summed E-state index contributed by atoms with van der Waals surface area (Å²) < 4.78 is 0. The lowest BCUT2D eigenvalue weighted by atomic mass is 9.94. The van der Waals surface area contributed by atoms with Gasteiger partial charge in [0.25, 0.3) is 11.5 Å². The largest absolute Gasteiger partial charge is 0.388 e. The monoisotopic (exact) mass is 376 g/mol. The summed E-state index contributed by atoms with van der Waals surface area (Å²) in [6.45, 7) is 5.97. The van der Waals surface area contributed by atoms with Gasteiger partial charge in [0.15, 0.2) is 0 Å². The van der Waals surface area contributed by atoms with Gasteiger partial charge in [-0.15, -0.1) is 0 Å². The van der Waals surface area contributed by atoms with Crippen molar-refractivity contribution in [2.75, 3.05) is 45.8 Å². The Balaban J connectivity index is 1.57. The number of aliphatic hydroxyl groups is 1. The lowest BCUT2D eigenvalue weighted by Gasteiger charge is -2.39. The van der Waals surface area contributed by atoms with Gasteiger partial charge in [-0.1, -0.05) is 0 Å². The van der Waals surface area contributed by atoms with Crippen LogP contribution in [0.1, 0.15) is 36.5 Å². The molecule has 2 amide bonds. The molecule has 0 bridgehead atoms. The lowest BCUT2D eigenvalue weighted by Crippen LogP contribution is -2.53. The van der Waals surface area contributed by atoms with E-state index in [2.05, 4.69) is 9.88 Å². The molecule has 2 saturated heterocycles. The number of likely N-dealkylation sites (tertiary alicyclic amines) is 1. The molecule has 1 aromatic heterocycles. The second-order valence-electron chi connectivity index (χ2n) is 7.57. The van der Waals surface area contributed by atoms with Crippen molar-refractivity contribution < 1.29 is 14.7 Å². The Morgan fingerprint density at radius 2 is 1.85 bits per heavy atom. The highest BCUT2D eigenvalue weighted by molar-refractivity contribution is 5.93. The van der Waals surface area contributed by atoms with Crippen molar-refractivity contribution in [2.45, 2.75) is 31.8 Å². The minimum absolute atomic E-state index is 0.0906. The molecule has 2 fully saturated rings. The van der Waals surface area contributed by atoms with Gasteiger partial charge in [0.05, 0.1) is 5.60 Å². The Labute approximate surface area is 158 Å². The molecule has 2 aliphatic heterocycles. The molecular formula is C19H28N4O4. The highest BCUT2D eigenvalue weighted by atomic mass is 16.3. The smallest absolute Gasteiger partial charge is 0.260 e. The Kier molecular flexibility index (Phi) is 5.96. The highest BCUT2D eigenvalue weighted by Gasteiger charge is 2.34. The molecule has 3 heterocycles. The summed E-state index contributed by atoms with van der Waals surface area (Å²) in [5, 5.41) is 11.1. The number of aromatic nitrogens is 1. The topological polar surface area (TPSA) is 96.9 Å². The van der Waals surface area contributed by atoms with Crippen LogP contribution in [0.15, 0.2) is 23.1 Å². The van der Waals surface area contributed by atoms with Crippen LogP contribution in [0.25, 0.3) is 0 Å². The molecule has 8 nitrogen and oxygen atoms in total. The number of piperazine rings is 1. The van der Waals surface area contributed by atoms with Crippen LogP contribution in [-0.4, -0.2) is 88.0 Å². The molecule has 0 radical (unpaired) electrons. The van der Waals surface area contributed by atoms with E-state index in [1.165, 1.54) is 12.3 Å². The van der Waals surface area contributed by atoms with Crippen molar-refractivity contribution in [1.29, 1.82) is 0 Å². The molecule has 148 valence electrons. The Bertz CT molecular complexity index is 741. The third-order valence-electron chi connectivity index (χ3n) is 5.59. The molecule has 3 rings (SSSR count). The fraction of sp³-hybridized carbons (Fsp3) is 0.632. The molecule has 0 spiro atoms. The van der Waals surface area contributed by atoms with Crippen LogP contribution in [0.5, 0.6) is 0 Å². The molecule has 27 heavy (non-hydrogen) atoms. The van der Waals surface area contributed by atoms with Crippen molar-refractivity contribution in [3.05, 3.63) is 34.2 Å². The van der Waals surface area contributed by atoms with Gasteiger partial charge in [-0.3, -0.25) is 19.3 Å². The number of H-pyrrole nitrogens is 1. The van der Waals surface area contributed by atoms with Crippen LogP contribution in [0, 0.1) is 0 Å². The number of rotatable bonds is 3. The summed E-state index contributed by atoms with van der Waals surface area (Å²) >= 11 is 0. The Morgan fingerprint density at radius 3 is 2.52 bits per heavy atom. The zero-order chi connectivity index (χ0) is 19.4. The number of hydrogen-bond acceptors (Lipinski definition) is 5. The molecule has 0 aromatic carbocycles. The minimum atomic E-state index is -0.851. The first-order valence-electron chi connectivity index (χ1n) is 9.55. The van der Waals surface area contributed by atoms with E-state index in [4.69, 9.17) is 0 Å². The maximum atomic E-state index is 12.7. The summed E-state index contributed by atoms with van der Waals surface area (Å²) in [6, 6.07) is 3.18. The highest BCUT2D eigenvalue weighted by Crippen LogP contribution is 2.25. The predicted molar refractivity (Wildman–Crippen MR) is 100 cm³/mol. The number of pyridine rings is 1. The van der Waals surface area contributed by atoms with Crippen LogP contribution in [0.2, 0.25) is 0 Å². The first kappa shape index (κ1) is 19.6. The van der Waals surface area contributed by atoms with Crippen molar-refractivity contribution in [2.24, 2.45) is 0 Å². The molecule has 0 aliphatic carbocycles. The lowest BCUT2D eigenvalue weighted by molar-refractivity contribution is -0.131. The average molecular weight is 376 g/mol. The van der Waals surface area contributed by atoms with Crippen LogP contribution < -0.4 is 5.56 Å². The van der Waals surface area contributed by atoms with Gasteiger partial charge in [-0.2, -0.15) is 0 Å². The van der Waals surface area contributed by atoms with Gasteiger partial charge in [0.2, 0.25) is 5.91 Å². The maximum Gasteiger partial charge on any atom is 0.260 e. The number of amides is 2. The van der Waals surface area contributed by atoms with E-state index in [-0.39, 0.29) is 22.9 Å². The summed E-state index contributed by atoms with van der Waals surface area (Å²) in [7, 11) is 0. The van der Waals surface area contributed by atoms with Crippen LogP contribution >= 0.6 is 0 Å². The van der Waals surface area contributed by atoms with Gasteiger partial charge in [0.1, 0.15) is 5.56 Å². The fourth-order valence-corrected chi connectivity index (χ4v) is 3.94. The standard InChI is InChI=1S/C19H28N4O4/c1-15(24)22-12-10-21(11-13-22)14-19(27)5-3-8-23(9-6-19)18(26)16-4-2-7-20-17(16)25/h2,4,7,27H,3,5-6,8-14H2,1H3,(H,20,25)/t19-/m1/s1. The zero-order valence-corrected chi connectivity index (χ0v) is 15.8. The molecule has 2 aliphatic rings. The minimum Gasteiger partial charge on any atom is -0.388 e. The van der Waals surface area contributed by atoms with E-state index in [9.17, 15) is 19.5 Å². The van der Waals surface area contributed by atoms with E-state index >= 15 is 0 Å². The zero-order valence-electron chi connectivity index (χ0n) is 15.8. The number of nitrogens with one attached hydrogen (secondary N) is 1. The third-order valence-corrected chi connectivity index (χ3v) is 5.59. The maximum absolute atomic E-state index is 12.7.